The normalized spacial score (nSPS) is 17.0. The molecule has 3 aliphatic carbocycles. The van der Waals surface area contributed by atoms with Gasteiger partial charge in [-0.05, 0) is 117 Å². The molecule has 0 N–H and O–H groups in total. The summed E-state index contributed by atoms with van der Waals surface area (Å²) in [5.41, 5.74) is 21.3. The summed E-state index contributed by atoms with van der Waals surface area (Å²) in [5, 5.41) is 5.00. The number of allylic oxidation sites excluding steroid dienone is 2. The number of rotatable bonds is 3. The molecule has 15 rings (SSSR count). The van der Waals surface area contributed by atoms with Crippen molar-refractivity contribution in [3.05, 3.63) is 252 Å². The fourth-order valence-corrected chi connectivity index (χ4v) is 12.6. The third-order valence-electron chi connectivity index (χ3n) is 15.0. The summed E-state index contributed by atoms with van der Waals surface area (Å²) in [6, 6.07) is 75.6. The van der Waals surface area contributed by atoms with Crippen molar-refractivity contribution in [3.63, 3.8) is 0 Å². The first kappa shape index (κ1) is 34.4. The van der Waals surface area contributed by atoms with Crippen molar-refractivity contribution in [2.75, 3.05) is 4.90 Å². The molecule has 2 aromatic heterocycles. The summed E-state index contributed by atoms with van der Waals surface area (Å²) in [7, 11) is 0. The summed E-state index contributed by atoms with van der Waals surface area (Å²) in [6.45, 7) is 0. The van der Waals surface area contributed by atoms with Crippen LogP contribution in [0.3, 0.4) is 0 Å². The van der Waals surface area contributed by atoms with Gasteiger partial charge in [0.25, 0.3) is 0 Å². The minimum Gasteiger partial charge on any atom is -0.333 e. The Morgan fingerprint density at radius 2 is 0.812 bits per heavy atom. The number of nitrogens with zero attached hydrogens (tertiary/aromatic N) is 3. The molecule has 3 heteroatoms. The van der Waals surface area contributed by atoms with Crippen LogP contribution in [0.1, 0.15) is 33.7 Å². The van der Waals surface area contributed by atoms with E-state index in [1.165, 1.54) is 105 Å². The number of benzene rings is 9. The number of hydrogen-bond donors (Lipinski definition) is 0. The topological polar surface area (TPSA) is 13.1 Å². The van der Waals surface area contributed by atoms with E-state index in [4.69, 9.17) is 0 Å². The summed E-state index contributed by atoms with van der Waals surface area (Å²) < 4.78 is 4.96. The van der Waals surface area contributed by atoms with Gasteiger partial charge in [0, 0.05) is 50.2 Å². The molecule has 0 saturated heterocycles. The highest BCUT2D eigenvalue weighted by atomic mass is 15.2. The summed E-state index contributed by atoms with van der Waals surface area (Å²) in [6.07, 6.45) is 9.15. The molecule has 3 heterocycles. The van der Waals surface area contributed by atoms with Gasteiger partial charge in [-0.25, -0.2) is 0 Å². The molecule has 11 aromatic rings. The maximum atomic E-state index is 2.56. The van der Waals surface area contributed by atoms with Crippen LogP contribution in [-0.2, 0) is 5.41 Å². The SMILES string of the molecule is C1=CC2c3ccccc3N(c3ccc4c(c3)c3cc(-n5c6ccccc6c6ccccc65)ccc3n4-c3ccc4c(c3)-c3ccccc3C43c4ccccc4-c4ccccc43)C2C=C1. The lowest BCUT2D eigenvalue weighted by molar-refractivity contribution is 0.745. The van der Waals surface area contributed by atoms with E-state index >= 15 is 0 Å². The third-order valence-corrected chi connectivity index (χ3v) is 15.0. The second-order valence-corrected chi connectivity index (χ2v) is 17.9. The van der Waals surface area contributed by atoms with Gasteiger partial charge < -0.3 is 14.0 Å². The van der Waals surface area contributed by atoms with Gasteiger partial charge >= 0.3 is 0 Å². The minimum atomic E-state index is -0.378. The second-order valence-electron chi connectivity index (χ2n) is 17.9. The van der Waals surface area contributed by atoms with Crippen LogP contribution in [0, 0.1) is 0 Å². The molecule has 3 nitrogen and oxygen atoms in total. The highest BCUT2D eigenvalue weighted by molar-refractivity contribution is 6.13. The van der Waals surface area contributed by atoms with Gasteiger partial charge in [0.05, 0.1) is 33.5 Å². The summed E-state index contributed by atoms with van der Waals surface area (Å²) >= 11 is 0. The predicted molar refractivity (Wildman–Crippen MR) is 265 cm³/mol. The lowest BCUT2D eigenvalue weighted by atomic mass is 9.70. The first-order valence-electron chi connectivity index (χ1n) is 22.5. The van der Waals surface area contributed by atoms with E-state index in [-0.39, 0.29) is 11.5 Å². The molecule has 64 heavy (non-hydrogen) atoms. The van der Waals surface area contributed by atoms with Crippen LogP contribution in [0.5, 0.6) is 0 Å². The molecule has 4 aliphatic rings. The monoisotopic (exact) mass is 813 g/mol. The highest BCUT2D eigenvalue weighted by Gasteiger charge is 2.51. The Bertz CT molecular complexity index is 3790. The molecule has 1 aliphatic heterocycles. The van der Waals surface area contributed by atoms with Crippen molar-refractivity contribution in [2.24, 2.45) is 0 Å². The van der Waals surface area contributed by atoms with Crippen molar-refractivity contribution < 1.29 is 0 Å². The van der Waals surface area contributed by atoms with Crippen molar-refractivity contribution in [1.82, 2.24) is 9.13 Å². The molecule has 0 radical (unpaired) electrons. The highest BCUT2D eigenvalue weighted by Crippen LogP contribution is 2.63. The molecule has 1 spiro atoms. The maximum absolute atomic E-state index is 2.56. The molecule has 0 bridgehead atoms. The number of fused-ring (bicyclic) bond motifs is 19. The Morgan fingerprint density at radius 1 is 0.344 bits per heavy atom. The molecule has 0 fully saturated rings. The number of aromatic nitrogens is 2. The zero-order valence-corrected chi connectivity index (χ0v) is 34.9. The summed E-state index contributed by atoms with van der Waals surface area (Å²) in [4.78, 5) is 2.56. The van der Waals surface area contributed by atoms with E-state index in [9.17, 15) is 0 Å². The molecule has 2 atom stereocenters. The number of para-hydroxylation sites is 3. The molecular weight excluding hydrogens is 775 g/mol. The van der Waals surface area contributed by atoms with Gasteiger partial charge in [0.1, 0.15) is 0 Å². The van der Waals surface area contributed by atoms with E-state index in [2.05, 4.69) is 239 Å². The zero-order valence-electron chi connectivity index (χ0n) is 34.9. The molecule has 0 amide bonds. The van der Waals surface area contributed by atoms with Crippen LogP contribution in [0.2, 0.25) is 0 Å². The Morgan fingerprint density at radius 3 is 1.48 bits per heavy atom. The van der Waals surface area contributed by atoms with E-state index in [0.717, 1.165) is 11.4 Å². The fourth-order valence-electron chi connectivity index (χ4n) is 12.6. The minimum absolute atomic E-state index is 0.219. The number of hydrogen-bond acceptors (Lipinski definition) is 1. The molecule has 298 valence electrons. The van der Waals surface area contributed by atoms with E-state index in [1.807, 2.05) is 0 Å². The first-order chi connectivity index (χ1) is 31.8. The van der Waals surface area contributed by atoms with Crippen molar-refractivity contribution in [1.29, 1.82) is 0 Å². The Kier molecular flexibility index (Phi) is 6.72. The maximum Gasteiger partial charge on any atom is 0.0725 e. The van der Waals surface area contributed by atoms with Gasteiger partial charge in [-0.2, -0.15) is 0 Å². The molecule has 2 unspecified atom stereocenters. The third kappa shape index (κ3) is 4.26. The van der Waals surface area contributed by atoms with Gasteiger partial charge in [0.15, 0.2) is 0 Å². The Labute approximate surface area is 370 Å². The zero-order chi connectivity index (χ0) is 41.7. The van der Waals surface area contributed by atoms with Gasteiger partial charge in [-0.3, -0.25) is 0 Å². The van der Waals surface area contributed by atoms with Crippen molar-refractivity contribution >= 4 is 55.0 Å². The van der Waals surface area contributed by atoms with Gasteiger partial charge in [-0.15, -0.1) is 0 Å². The summed E-state index contributed by atoms with van der Waals surface area (Å²) in [5.74, 6) is 0.316. The van der Waals surface area contributed by atoms with Crippen LogP contribution in [0.4, 0.5) is 11.4 Å². The Hall–Kier alpha value is -8.14. The average molecular weight is 814 g/mol. The van der Waals surface area contributed by atoms with Crippen LogP contribution in [0.25, 0.3) is 77.2 Å². The van der Waals surface area contributed by atoms with E-state index in [1.54, 1.807) is 0 Å². The fraction of sp³-hybridized carbons (Fsp3) is 0.0492. The lowest BCUT2D eigenvalue weighted by Crippen LogP contribution is -2.28. The van der Waals surface area contributed by atoms with E-state index < -0.39 is 0 Å². The molecule has 0 saturated carbocycles. The van der Waals surface area contributed by atoms with E-state index in [0.29, 0.717) is 5.92 Å². The van der Waals surface area contributed by atoms with Crippen molar-refractivity contribution in [2.45, 2.75) is 17.4 Å². The van der Waals surface area contributed by atoms with Crippen LogP contribution >= 0.6 is 0 Å². The Balaban J connectivity index is 0.991. The molecule has 9 aromatic carbocycles. The van der Waals surface area contributed by atoms with Gasteiger partial charge in [0.2, 0.25) is 0 Å². The quantitative estimate of drug-likeness (QED) is 0.173. The lowest BCUT2D eigenvalue weighted by Gasteiger charge is -2.30. The largest absolute Gasteiger partial charge is 0.333 e. The predicted octanol–water partition coefficient (Wildman–Crippen LogP) is 15.0. The van der Waals surface area contributed by atoms with Crippen LogP contribution < -0.4 is 4.90 Å². The van der Waals surface area contributed by atoms with Crippen LogP contribution in [0.15, 0.2) is 224 Å². The van der Waals surface area contributed by atoms with Crippen LogP contribution in [-0.4, -0.2) is 15.2 Å². The first-order valence-corrected chi connectivity index (χ1v) is 22.5. The standard InChI is InChI=1S/C61H39N3/c1-8-22-51-41(15-1)42-16-2-9-23-52(42)61(51)53-24-10-3-17-43(53)48-35-38(29-32-54(48)61)64-59-33-30-39(62-55-25-11-4-18-44(55)45-19-5-12-26-56(45)62)36-49(59)50-37-40(31-34-60(50)64)63-57-27-13-6-20-46(57)47-21-7-14-28-58(47)63/h1-37,44,55H. The van der Waals surface area contributed by atoms with Gasteiger partial charge in [-0.1, -0.05) is 158 Å². The average Bonchev–Trinajstić information content (AvgIpc) is 4.13. The number of anilines is 2. The van der Waals surface area contributed by atoms with Crippen molar-refractivity contribution in [3.8, 4) is 33.6 Å². The smallest absolute Gasteiger partial charge is 0.0725 e. The second kappa shape index (κ2) is 12.5. The molecular formula is C61H39N3.